The number of rotatable bonds is 2. The maximum atomic E-state index is 12.1. The first-order chi connectivity index (χ1) is 5.65. The molecule has 0 saturated heterocycles. The van der Waals surface area contributed by atoms with Crippen molar-refractivity contribution in [3.8, 4) is 0 Å². The van der Waals surface area contributed by atoms with Crippen LogP contribution in [-0.2, 0) is 6.67 Å². The number of pyridine rings is 1. The highest BCUT2D eigenvalue weighted by Crippen LogP contribution is 2.21. The summed E-state index contributed by atoms with van der Waals surface area (Å²) < 4.78 is 36.2. The summed E-state index contributed by atoms with van der Waals surface area (Å²) in [5.41, 5.74) is -1.29. The van der Waals surface area contributed by atoms with Crippen LogP contribution in [0.1, 0.15) is 17.6 Å². The van der Waals surface area contributed by atoms with Crippen molar-refractivity contribution >= 4 is 0 Å². The molecule has 1 heterocycles. The van der Waals surface area contributed by atoms with Gasteiger partial charge >= 0.3 is 0 Å². The molecule has 66 valence electrons. The molecule has 0 aliphatic heterocycles. The molecular weight excluding hydrogens is 171 g/mol. The van der Waals surface area contributed by atoms with Gasteiger partial charge in [0.1, 0.15) is 6.67 Å². The van der Waals surface area contributed by atoms with Gasteiger partial charge < -0.3 is 4.98 Å². The number of halogens is 3. The minimum absolute atomic E-state index is 0.256. The monoisotopic (exact) mass is 177 g/mol. The number of hydrogen-bond acceptors (Lipinski definition) is 1. The zero-order valence-corrected chi connectivity index (χ0v) is 5.98. The Kier molecular flexibility index (Phi) is 2.52. The number of aromatic nitrogens is 1. The fraction of sp³-hybridized carbons (Fsp3) is 0.286. The van der Waals surface area contributed by atoms with Crippen LogP contribution in [0.3, 0.4) is 0 Å². The molecule has 0 unspecified atom stereocenters. The highest BCUT2D eigenvalue weighted by molar-refractivity contribution is 5.23. The molecular formula is C7H6F3NO. The Labute approximate surface area is 66.0 Å². The third-order valence-corrected chi connectivity index (χ3v) is 1.43. The minimum Gasteiger partial charge on any atom is -0.329 e. The van der Waals surface area contributed by atoms with Gasteiger partial charge in [0.2, 0.25) is 5.56 Å². The number of alkyl halides is 3. The highest BCUT2D eigenvalue weighted by Gasteiger charge is 2.12. The zero-order chi connectivity index (χ0) is 9.14. The van der Waals surface area contributed by atoms with Crippen LogP contribution in [0, 0.1) is 0 Å². The van der Waals surface area contributed by atoms with Crippen molar-refractivity contribution in [3.05, 3.63) is 33.7 Å². The Bertz CT molecular complexity index is 321. The zero-order valence-electron chi connectivity index (χ0n) is 5.98. The molecule has 1 aromatic rings. The molecule has 0 fully saturated rings. The molecule has 2 nitrogen and oxygen atoms in total. The largest absolute Gasteiger partial charge is 0.329 e. The smallest absolute Gasteiger partial charge is 0.265 e. The maximum absolute atomic E-state index is 12.1. The van der Waals surface area contributed by atoms with E-state index in [-0.39, 0.29) is 5.56 Å². The Morgan fingerprint density at radius 1 is 1.50 bits per heavy atom. The van der Waals surface area contributed by atoms with Crippen molar-refractivity contribution in [2.24, 2.45) is 0 Å². The van der Waals surface area contributed by atoms with Crippen molar-refractivity contribution in [1.29, 1.82) is 0 Å². The lowest BCUT2D eigenvalue weighted by Crippen LogP contribution is -2.07. The van der Waals surface area contributed by atoms with E-state index in [2.05, 4.69) is 4.98 Å². The molecule has 1 aromatic heterocycles. The number of hydrogen-bond donors (Lipinski definition) is 1. The Morgan fingerprint density at radius 3 is 2.67 bits per heavy atom. The van der Waals surface area contributed by atoms with Crippen molar-refractivity contribution in [3.63, 3.8) is 0 Å². The Balaban J connectivity index is 3.20. The van der Waals surface area contributed by atoms with Crippen LogP contribution >= 0.6 is 0 Å². The van der Waals surface area contributed by atoms with E-state index < -0.39 is 24.2 Å². The van der Waals surface area contributed by atoms with E-state index in [4.69, 9.17) is 0 Å². The van der Waals surface area contributed by atoms with Crippen molar-refractivity contribution in [2.45, 2.75) is 13.1 Å². The van der Waals surface area contributed by atoms with Gasteiger partial charge in [-0.1, -0.05) is 0 Å². The molecule has 0 amide bonds. The van der Waals surface area contributed by atoms with Crippen molar-refractivity contribution in [1.82, 2.24) is 4.98 Å². The SMILES string of the molecule is O=c1cc(CF)c(C(F)F)c[nH]1. The lowest BCUT2D eigenvalue weighted by Gasteiger charge is -2.02. The van der Waals surface area contributed by atoms with E-state index in [0.29, 0.717) is 0 Å². The highest BCUT2D eigenvalue weighted by atomic mass is 19.3. The van der Waals surface area contributed by atoms with E-state index in [1.807, 2.05) is 0 Å². The second kappa shape index (κ2) is 3.42. The summed E-state index contributed by atoms with van der Waals surface area (Å²) in [5, 5.41) is 0. The predicted octanol–water partition coefficient (Wildman–Crippen LogP) is 1.78. The molecule has 1 rings (SSSR count). The molecule has 1 N–H and O–H groups in total. The normalized spacial score (nSPS) is 10.7. The topological polar surface area (TPSA) is 32.9 Å². The van der Waals surface area contributed by atoms with Crippen LogP contribution in [0.5, 0.6) is 0 Å². The predicted molar refractivity (Wildman–Crippen MR) is 36.8 cm³/mol. The van der Waals surface area contributed by atoms with Crippen molar-refractivity contribution in [2.75, 3.05) is 0 Å². The maximum Gasteiger partial charge on any atom is 0.265 e. The summed E-state index contributed by atoms with van der Waals surface area (Å²) in [6, 6.07) is 0.835. The van der Waals surface area contributed by atoms with E-state index in [9.17, 15) is 18.0 Å². The third kappa shape index (κ3) is 1.66. The number of nitrogens with one attached hydrogen (secondary N) is 1. The molecule has 0 aliphatic carbocycles. The minimum atomic E-state index is -2.76. The standard InChI is InChI=1S/C7H6F3NO/c8-2-4-1-6(12)11-3-5(4)7(9)10/h1,3,7H,2H2,(H,11,12). The second-order valence-corrected chi connectivity index (χ2v) is 2.21. The number of H-pyrrole nitrogens is 1. The molecule has 0 atom stereocenters. The third-order valence-electron chi connectivity index (χ3n) is 1.43. The van der Waals surface area contributed by atoms with Gasteiger partial charge in [0, 0.05) is 17.8 Å². The van der Waals surface area contributed by atoms with Crippen LogP contribution in [0.2, 0.25) is 0 Å². The van der Waals surface area contributed by atoms with E-state index in [1.54, 1.807) is 0 Å². The Morgan fingerprint density at radius 2 is 2.17 bits per heavy atom. The van der Waals surface area contributed by atoms with Crippen LogP contribution in [-0.4, -0.2) is 4.98 Å². The van der Waals surface area contributed by atoms with E-state index in [1.165, 1.54) is 0 Å². The summed E-state index contributed by atoms with van der Waals surface area (Å²) in [7, 11) is 0. The second-order valence-electron chi connectivity index (χ2n) is 2.21. The molecule has 0 aliphatic rings. The van der Waals surface area contributed by atoms with Crippen LogP contribution in [0.4, 0.5) is 13.2 Å². The molecule has 0 radical (unpaired) electrons. The summed E-state index contributed by atoms with van der Waals surface area (Å²) >= 11 is 0. The van der Waals surface area contributed by atoms with E-state index >= 15 is 0 Å². The molecule has 5 heteroatoms. The van der Waals surface area contributed by atoms with Crippen LogP contribution in [0.25, 0.3) is 0 Å². The van der Waals surface area contributed by atoms with Gasteiger partial charge in [0.15, 0.2) is 0 Å². The van der Waals surface area contributed by atoms with Gasteiger partial charge in [-0.2, -0.15) is 0 Å². The first kappa shape index (κ1) is 8.83. The number of aromatic amines is 1. The van der Waals surface area contributed by atoms with Crippen molar-refractivity contribution < 1.29 is 13.2 Å². The summed E-state index contributed by atoms with van der Waals surface area (Å²) in [4.78, 5) is 12.6. The molecule has 0 spiro atoms. The van der Waals surface area contributed by atoms with Gasteiger partial charge in [-0.15, -0.1) is 0 Å². The molecule has 0 aromatic carbocycles. The average molecular weight is 177 g/mol. The van der Waals surface area contributed by atoms with E-state index in [0.717, 1.165) is 12.3 Å². The molecule has 12 heavy (non-hydrogen) atoms. The van der Waals surface area contributed by atoms with Gasteiger partial charge in [-0.05, 0) is 5.56 Å². The quantitative estimate of drug-likeness (QED) is 0.733. The van der Waals surface area contributed by atoms with Gasteiger partial charge in [-0.3, -0.25) is 4.79 Å². The lowest BCUT2D eigenvalue weighted by atomic mass is 10.1. The summed E-state index contributed by atoms with van der Waals surface area (Å²) in [6.45, 7) is -1.05. The van der Waals surface area contributed by atoms with Gasteiger partial charge in [0.05, 0.1) is 0 Å². The Hall–Kier alpha value is -1.26. The fourth-order valence-corrected chi connectivity index (χ4v) is 0.844. The average Bonchev–Trinajstić information content (AvgIpc) is 2.03. The summed E-state index contributed by atoms with van der Waals surface area (Å²) in [6.07, 6.45) is -1.92. The summed E-state index contributed by atoms with van der Waals surface area (Å²) in [5.74, 6) is 0. The first-order valence-corrected chi connectivity index (χ1v) is 3.20. The van der Waals surface area contributed by atoms with Crippen LogP contribution in [0.15, 0.2) is 17.1 Å². The molecule has 0 saturated carbocycles. The van der Waals surface area contributed by atoms with Gasteiger partial charge in [0.25, 0.3) is 6.43 Å². The van der Waals surface area contributed by atoms with Crippen LogP contribution < -0.4 is 5.56 Å². The molecule has 0 bridgehead atoms. The first-order valence-electron chi connectivity index (χ1n) is 3.20. The fourth-order valence-electron chi connectivity index (χ4n) is 0.844. The van der Waals surface area contributed by atoms with Gasteiger partial charge in [-0.25, -0.2) is 13.2 Å². The lowest BCUT2D eigenvalue weighted by molar-refractivity contribution is 0.148.